The number of likely N-dealkylation sites (N-methyl/N-ethyl adjacent to an activating group) is 1. The second kappa shape index (κ2) is 7.81. The Labute approximate surface area is 145 Å². The van der Waals surface area contributed by atoms with Crippen molar-refractivity contribution in [1.29, 1.82) is 0 Å². The number of amides is 2. The van der Waals surface area contributed by atoms with E-state index in [2.05, 4.69) is 26.1 Å². The van der Waals surface area contributed by atoms with Crippen LogP contribution in [0, 0.1) is 11.3 Å². The van der Waals surface area contributed by atoms with Crippen LogP contribution < -0.4 is 11.1 Å². The van der Waals surface area contributed by atoms with Crippen molar-refractivity contribution in [3.05, 3.63) is 0 Å². The van der Waals surface area contributed by atoms with Gasteiger partial charge in [-0.25, -0.2) is 0 Å². The van der Waals surface area contributed by atoms with Crippen LogP contribution >= 0.6 is 12.4 Å². The summed E-state index contributed by atoms with van der Waals surface area (Å²) in [4.78, 5) is 25.8. The second-order valence-electron chi connectivity index (χ2n) is 7.37. The van der Waals surface area contributed by atoms with Crippen LogP contribution in [0.25, 0.3) is 0 Å². The predicted octanol–water partition coefficient (Wildman–Crippen LogP) is 1.17. The molecule has 1 aliphatic carbocycles. The topological polar surface area (TPSA) is 84.7 Å². The third-order valence-electron chi connectivity index (χ3n) is 5.53. The summed E-state index contributed by atoms with van der Waals surface area (Å²) in [7, 11) is 3.48. The molecule has 0 aromatic carbocycles. The van der Waals surface area contributed by atoms with E-state index < -0.39 is 6.04 Å². The second-order valence-corrected chi connectivity index (χ2v) is 7.37. The van der Waals surface area contributed by atoms with Gasteiger partial charge in [-0.05, 0) is 19.3 Å². The van der Waals surface area contributed by atoms with E-state index in [9.17, 15) is 9.59 Å². The van der Waals surface area contributed by atoms with Gasteiger partial charge in [-0.15, -0.1) is 12.4 Å². The molecule has 1 rings (SSSR count). The van der Waals surface area contributed by atoms with Gasteiger partial charge in [0.15, 0.2) is 0 Å². The molecule has 6 nitrogen and oxygen atoms in total. The Bertz CT molecular complexity index is 442. The van der Waals surface area contributed by atoms with Crippen molar-refractivity contribution in [2.75, 3.05) is 20.7 Å². The summed E-state index contributed by atoms with van der Waals surface area (Å²) in [6.45, 7) is 9.99. The Kier molecular flexibility index (Phi) is 7.53. The predicted molar refractivity (Wildman–Crippen MR) is 93.4 cm³/mol. The molecule has 0 aromatic rings. The molecule has 0 heterocycles. The first kappa shape index (κ1) is 22.1. The number of carbonyl (C=O) groups excluding carboxylic acids is 2. The first-order valence-corrected chi connectivity index (χ1v) is 7.82. The third-order valence-corrected chi connectivity index (χ3v) is 5.53. The Balaban J connectivity index is 0.00000484. The van der Waals surface area contributed by atoms with Crippen LogP contribution in [-0.4, -0.2) is 55.1 Å². The van der Waals surface area contributed by atoms with Gasteiger partial charge < -0.3 is 20.7 Å². The normalized spacial score (nSPS) is 26.7. The van der Waals surface area contributed by atoms with Crippen LogP contribution in [0.3, 0.4) is 0 Å². The van der Waals surface area contributed by atoms with Crippen LogP contribution in [0.15, 0.2) is 0 Å². The maximum absolute atomic E-state index is 12.3. The van der Waals surface area contributed by atoms with Crippen molar-refractivity contribution in [3.63, 3.8) is 0 Å². The molecule has 0 radical (unpaired) electrons. The summed E-state index contributed by atoms with van der Waals surface area (Å²) in [5.41, 5.74) is 5.40. The molecule has 3 N–H and O–H groups in total. The fraction of sp³-hybridized carbons (Fsp3) is 0.875. The van der Waals surface area contributed by atoms with Gasteiger partial charge in [0.1, 0.15) is 0 Å². The van der Waals surface area contributed by atoms with Crippen molar-refractivity contribution in [1.82, 2.24) is 10.2 Å². The molecule has 0 spiro atoms. The average Bonchev–Trinajstić information content (AvgIpc) is 2.47. The highest BCUT2D eigenvalue weighted by atomic mass is 35.5. The first-order valence-electron chi connectivity index (χ1n) is 7.82. The smallest absolute Gasteiger partial charge is 0.241 e. The van der Waals surface area contributed by atoms with E-state index in [0.717, 1.165) is 6.42 Å². The lowest BCUT2D eigenvalue weighted by atomic mass is 9.55. The number of carbonyl (C=O) groups is 2. The van der Waals surface area contributed by atoms with Gasteiger partial charge >= 0.3 is 0 Å². The van der Waals surface area contributed by atoms with Gasteiger partial charge in [0.05, 0.1) is 18.2 Å². The van der Waals surface area contributed by atoms with Crippen molar-refractivity contribution >= 4 is 24.2 Å². The third kappa shape index (κ3) is 4.17. The fourth-order valence-electron chi connectivity index (χ4n) is 2.96. The highest BCUT2D eigenvalue weighted by Crippen LogP contribution is 2.53. The Morgan fingerprint density at radius 2 is 1.87 bits per heavy atom. The van der Waals surface area contributed by atoms with Crippen LogP contribution in [0.1, 0.15) is 41.0 Å². The molecular weight excluding hydrogens is 318 g/mol. The van der Waals surface area contributed by atoms with Crippen LogP contribution in [0.5, 0.6) is 0 Å². The van der Waals surface area contributed by atoms with Crippen LogP contribution in [0.4, 0.5) is 0 Å². The Hall–Kier alpha value is -0.850. The summed E-state index contributed by atoms with van der Waals surface area (Å²) < 4.78 is 5.58. The van der Waals surface area contributed by atoms with E-state index in [-0.39, 0.29) is 53.7 Å². The van der Waals surface area contributed by atoms with Crippen molar-refractivity contribution in [2.45, 2.75) is 58.7 Å². The lowest BCUT2D eigenvalue weighted by Gasteiger charge is -2.61. The molecule has 1 fully saturated rings. The molecule has 7 heteroatoms. The minimum atomic E-state index is -0.588. The van der Waals surface area contributed by atoms with Crippen molar-refractivity contribution in [3.8, 4) is 0 Å². The van der Waals surface area contributed by atoms with Gasteiger partial charge in [-0.2, -0.15) is 0 Å². The monoisotopic (exact) mass is 349 g/mol. The molecule has 0 saturated heterocycles. The number of methoxy groups -OCH3 is 1. The summed E-state index contributed by atoms with van der Waals surface area (Å²) in [5, 5.41) is 2.62. The minimum absolute atomic E-state index is 0. The van der Waals surface area contributed by atoms with Gasteiger partial charge in [-0.3, -0.25) is 9.59 Å². The molecule has 1 saturated carbocycles. The standard InChI is InChI=1S/C16H31N3O3.ClH/c1-10(2)13(17)14(21)18-9-12(20)19(6)11-8-16(5,22-7)15(11,3)4;/h10-11,13H,8-9,17H2,1-7H3,(H,18,21);1H/t11?,13-,16?;/m0./s1. The van der Waals surface area contributed by atoms with E-state index in [1.165, 1.54) is 0 Å². The zero-order valence-corrected chi connectivity index (χ0v) is 16.1. The lowest BCUT2D eigenvalue weighted by molar-refractivity contribution is -0.207. The zero-order chi connectivity index (χ0) is 17.3. The Morgan fingerprint density at radius 1 is 1.35 bits per heavy atom. The summed E-state index contributed by atoms with van der Waals surface area (Å²) in [5.74, 6) is -0.354. The minimum Gasteiger partial charge on any atom is -0.378 e. The number of hydrogen-bond donors (Lipinski definition) is 2. The molecule has 0 aromatic heterocycles. The summed E-state index contributed by atoms with van der Waals surface area (Å²) >= 11 is 0. The molecule has 0 bridgehead atoms. The Morgan fingerprint density at radius 3 is 2.26 bits per heavy atom. The first-order chi connectivity index (χ1) is 9.98. The largest absolute Gasteiger partial charge is 0.378 e. The maximum Gasteiger partial charge on any atom is 0.241 e. The van der Waals surface area contributed by atoms with Crippen LogP contribution in [-0.2, 0) is 14.3 Å². The molecule has 0 aliphatic heterocycles. The number of hydrogen-bond acceptors (Lipinski definition) is 4. The molecule has 3 atom stereocenters. The zero-order valence-electron chi connectivity index (χ0n) is 15.3. The average molecular weight is 350 g/mol. The maximum atomic E-state index is 12.3. The van der Waals surface area contributed by atoms with E-state index in [1.54, 1.807) is 19.1 Å². The molecule has 2 amide bonds. The van der Waals surface area contributed by atoms with Gasteiger partial charge in [0.2, 0.25) is 11.8 Å². The number of ether oxygens (including phenoxy) is 1. The summed E-state index contributed by atoms with van der Waals surface area (Å²) in [6.07, 6.45) is 0.790. The summed E-state index contributed by atoms with van der Waals surface area (Å²) in [6, 6.07) is -0.490. The SMILES string of the molecule is COC1(C)CC(N(C)C(=O)CNC(=O)[C@@H](N)C(C)C)C1(C)C.Cl. The van der Waals surface area contributed by atoms with Crippen LogP contribution in [0.2, 0.25) is 0 Å². The molecule has 1 aliphatic rings. The quantitative estimate of drug-likeness (QED) is 0.753. The lowest BCUT2D eigenvalue weighted by Crippen LogP contribution is -2.69. The van der Waals surface area contributed by atoms with E-state index in [0.29, 0.717) is 0 Å². The number of halogens is 1. The fourth-order valence-corrected chi connectivity index (χ4v) is 2.96. The van der Waals surface area contributed by atoms with Crippen molar-refractivity contribution in [2.24, 2.45) is 17.1 Å². The highest BCUT2D eigenvalue weighted by Gasteiger charge is 2.59. The van der Waals surface area contributed by atoms with Crippen molar-refractivity contribution < 1.29 is 14.3 Å². The number of rotatable bonds is 6. The number of nitrogens with two attached hydrogens (primary N) is 1. The van der Waals surface area contributed by atoms with Gasteiger partial charge in [0.25, 0.3) is 0 Å². The molecule has 136 valence electrons. The highest BCUT2D eigenvalue weighted by molar-refractivity contribution is 5.87. The number of nitrogens with one attached hydrogen (secondary N) is 1. The molecular formula is C16H32ClN3O3. The van der Waals surface area contributed by atoms with E-state index >= 15 is 0 Å². The van der Waals surface area contributed by atoms with E-state index in [4.69, 9.17) is 10.5 Å². The number of nitrogens with zero attached hydrogens (tertiary/aromatic N) is 1. The molecule has 23 heavy (non-hydrogen) atoms. The van der Waals surface area contributed by atoms with Gasteiger partial charge in [0, 0.05) is 25.6 Å². The molecule has 2 unspecified atom stereocenters. The van der Waals surface area contributed by atoms with Gasteiger partial charge in [-0.1, -0.05) is 27.7 Å². The van der Waals surface area contributed by atoms with E-state index in [1.807, 2.05) is 13.8 Å².